The average molecular weight is 497 g/mol. The molecule has 0 unspecified atom stereocenters. The Morgan fingerprint density at radius 2 is 1.78 bits per heavy atom. The Balaban J connectivity index is 1.32. The molecular formula is C30H36N6O. The SMILES string of the molecule is Cc1cc(N)nc(C)c1-c1ccnc2c1cc(CN1CCC(c3ccc(C(=O)N(C)C)cc3)CC1)n2C. The molecule has 1 aliphatic heterocycles. The number of nitrogens with two attached hydrogens (primary N) is 1. The van der Waals surface area contributed by atoms with Crippen LogP contribution < -0.4 is 5.73 Å². The third-order valence-electron chi connectivity index (χ3n) is 7.72. The molecule has 0 aliphatic carbocycles. The van der Waals surface area contributed by atoms with Crippen molar-refractivity contribution in [3.05, 3.63) is 76.7 Å². The van der Waals surface area contributed by atoms with E-state index in [1.54, 1.807) is 19.0 Å². The summed E-state index contributed by atoms with van der Waals surface area (Å²) in [6, 6.07) is 14.5. The monoisotopic (exact) mass is 496 g/mol. The number of hydrogen-bond donors (Lipinski definition) is 1. The minimum Gasteiger partial charge on any atom is -0.384 e. The van der Waals surface area contributed by atoms with Crippen LogP contribution >= 0.6 is 0 Å². The zero-order valence-electron chi connectivity index (χ0n) is 22.5. The van der Waals surface area contributed by atoms with E-state index < -0.39 is 0 Å². The molecule has 0 saturated carbocycles. The molecule has 4 heterocycles. The van der Waals surface area contributed by atoms with Gasteiger partial charge in [0.25, 0.3) is 5.91 Å². The van der Waals surface area contributed by atoms with Crippen LogP contribution in [-0.2, 0) is 13.6 Å². The first kappa shape index (κ1) is 25.0. The lowest BCUT2D eigenvalue weighted by Gasteiger charge is -2.32. The Hall–Kier alpha value is -3.71. The maximum Gasteiger partial charge on any atom is 0.253 e. The van der Waals surface area contributed by atoms with Gasteiger partial charge in [-0.2, -0.15) is 0 Å². The fourth-order valence-electron chi connectivity index (χ4n) is 5.72. The summed E-state index contributed by atoms with van der Waals surface area (Å²) in [5.41, 5.74) is 14.7. The lowest BCUT2D eigenvalue weighted by atomic mass is 9.89. The molecule has 2 N–H and O–H groups in total. The van der Waals surface area contributed by atoms with E-state index in [-0.39, 0.29) is 5.91 Å². The molecular weight excluding hydrogens is 460 g/mol. The number of likely N-dealkylation sites (tertiary alicyclic amines) is 1. The Morgan fingerprint density at radius 3 is 2.43 bits per heavy atom. The van der Waals surface area contributed by atoms with Gasteiger partial charge in [0.15, 0.2) is 0 Å². The molecule has 7 nitrogen and oxygen atoms in total. The van der Waals surface area contributed by atoms with E-state index in [1.165, 1.54) is 11.3 Å². The van der Waals surface area contributed by atoms with E-state index in [9.17, 15) is 4.79 Å². The number of carbonyl (C=O) groups is 1. The van der Waals surface area contributed by atoms with Crippen LogP contribution in [0.5, 0.6) is 0 Å². The molecule has 0 radical (unpaired) electrons. The van der Waals surface area contributed by atoms with Crippen molar-refractivity contribution in [1.29, 1.82) is 0 Å². The first-order valence-corrected chi connectivity index (χ1v) is 12.9. The molecule has 1 aliphatic rings. The van der Waals surface area contributed by atoms with Gasteiger partial charge < -0.3 is 15.2 Å². The minimum absolute atomic E-state index is 0.0481. The molecule has 37 heavy (non-hydrogen) atoms. The molecule has 0 atom stereocenters. The molecule has 1 saturated heterocycles. The third kappa shape index (κ3) is 4.83. The molecule has 7 heteroatoms. The predicted molar refractivity (Wildman–Crippen MR) is 150 cm³/mol. The summed E-state index contributed by atoms with van der Waals surface area (Å²) in [4.78, 5) is 25.6. The average Bonchev–Trinajstić information content (AvgIpc) is 3.19. The summed E-state index contributed by atoms with van der Waals surface area (Å²) in [5, 5.41) is 1.15. The highest BCUT2D eigenvalue weighted by molar-refractivity contribution is 5.95. The summed E-state index contributed by atoms with van der Waals surface area (Å²) < 4.78 is 2.22. The molecule has 0 bridgehead atoms. The number of aromatic nitrogens is 3. The predicted octanol–water partition coefficient (Wildman–Crippen LogP) is 4.92. The zero-order chi connectivity index (χ0) is 26.3. The van der Waals surface area contributed by atoms with Crippen LogP contribution in [0.3, 0.4) is 0 Å². The second-order valence-electron chi connectivity index (χ2n) is 10.5. The summed E-state index contributed by atoms with van der Waals surface area (Å²) in [6.07, 6.45) is 4.12. The molecule has 192 valence electrons. The highest BCUT2D eigenvalue weighted by Crippen LogP contribution is 2.35. The number of rotatable bonds is 5. The van der Waals surface area contributed by atoms with Crippen LogP contribution in [0.1, 0.15) is 51.6 Å². The lowest BCUT2D eigenvalue weighted by molar-refractivity contribution is 0.0827. The molecule has 4 aromatic rings. The van der Waals surface area contributed by atoms with Crippen molar-refractivity contribution in [2.75, 3.05) is 32.9 Å². The number of benzene rings is 1. The largest absolute Gasteiger partial charge is 0.384 e. The van der Waals surface area contributed by atoms with Crippen LogP contribution in [-0.4, -0.2) is 57.4 Å². The van der Waals surface area contributed by atoms with Crippen LogP contribution in [0.4, 0.5) is 5.82 Å². The Labute approximate surface area is 218 Å². The lowest BCUT2D eigenvalue weighted by Crippen LogP contribution is -2.33. The number of pyridine rings is 2. The summed E-state index contributed by atoms with van der Waals surface area (Å²) in [6.45, 7) is 7.10. The van der Waals surface area contributed by atoms with Gasteiger partial charge >= 0.3 is 0 Å². The van der Waals surface area contributed by atoms with Crippen LogP contribution in [0.15, 0.2) is 48.7 Å². The van der Waals surface area contributed by atoms with Gasteiger partial charge in [-0.3, -0.25) is 9.69 Å². The zero-order valence-corrected chi connectivity index (χ0v) is 22.5. The first-order valence-electron chi connectivity index (χ1n) is 12.9. The number of anilines is 1. The van der Waals surface area contributed by atoms with Crippen molar-refractivity contribution in [2.24, 2.45) is 7.05 Å². The van der Waals surface area contributed by atoms with Crippen molar-refractivity contribution in [1.82, 2.24) is 24.3 Å². The number of piperidine rings is 1. The standard InChI is InChI=1S/C30H36N6O/c1-19-16-27(31)33-20(2)28(19)25-10-13-32-29-26(25)17-24(35(29)5)18-36-14-11-22(12-15-36)21-6-8-23(9-7-21)30(37)34(3)4/h6-10,13,16-17,22H,11-12,14-15,18H2,1-5H3,(H2,31,33). The number of amides is 1. The van der Waals surface area contributed by atoms with Crippen molar-refractivity contribution in [2.45, 2.75) is 39.2 Å². The number of fused-ring (bicyclic) bond motifs is 1. The number of carbonyl (C=O) groups excluding carboxylic acids is 1. The van der Waals surface area contributed by atoms with Crippen LogP contribution in [0.2, 0.25) is 0 Å². The molecule has 1 aromatic carbocycles. The van der Waals surface area contributed by atoms with Gasteiger partial charge in [0.05, 0.1) is 0 Å². The molecule has 0 spiro atoms. The second-order valence-corrected chi connectivity index (χ2v) is 10.5. The van der Waals surface area contributed by atoms with Crippen molar-refractivity contribution < 1.29 is 4.79 Å². The third-order valence-corrected chi connectivity index (χ3v) is 7.72. The van der Waals surface area contributed by atoms with Crippen LogP contribution in [0, 0.1) is 13.8 Å². The van der Waals surface area contributed by atoms with E-state index in [4.69, 9.17) is 10.7 Å². The highest BCUT2D eigenvalue weighted by Gasteiger charge is 2.23. The highest BCUT2D eigenvalue weighted by atomic mass is 16.2. The van der Waals surface area contributed by atoms with Gasteiger partial charge in [-0.1, -0.05) is 12.1 Å². The molecule has 5 rings (SSSR count). The summed E-state index contributed by atoms with van der Waals surface area (Å²) in [7, 11) is 5.68. The maximum absolute atomic E-state index is 12.2. The number of aryl methyl sites for hydroxylation is 3. The Kier molecular flexibility index (Phi) is 6.73. The topological polar surface area (TPSA) is 80.3 Å². The minimum atomic E-state index is 0.0481. The second kappa shape index (κ2) is 9.98. The van der Waals surface area contributed by atoms with E-state index in [1.807, 2.05) is 31.3 Å². The van der Waals surface area contributed by atoms with Crippen molar-refractivity contribution in [3.8, 4) is 11.1 Å². The molecule has 1 fully saturated rings. The Bertz CT molecular complexity index is 1420. The van der Waals surface area contributed by atoms with E-state index in [2.05, 4.69) is 52.7 Å². The van der Waals surface area contributed by atoms with E-state index in [0.717, 1.165) is 71.5 Å². The van der Waals surface area contributed by atoms with Gasteiger partial charge in [0.1, 0.15) is 11.5 Å². The molecule has 3 aromatic heterocycles. The van der Waals surface area contributed by atoms with Crippen molar-refractivity contribution >= 4 is 22.8 Å². The van der Waals surface area contributed by atoms with Gasteiger partial charge in [0, 0.05) is 61.8 Å². The summed E-state index contributed by atoms with van der Waals surface area (Å²) >= 11 is 0. The molecule has 1 amide bonds. The fraction of sp³-hybridized carbons (Fsp3) is 0.367. The van der Waals surface area contributed by atoms with E-state index in [0.29, 0.717) is 11.7 Å². The summed E-state index contributed by atoms with van der Waals surface area (Å²) in [5.74, 6) is 1.13. The van der Waals surface area contributed by atoms with Gasteiger partial charge in [0.2, 0.25) is 0 Å². The normalized spacial score (nSPS) is 14.8. The number of hydrogen-bond acceptors (Lipinski definition) is 5. The fourth-order valence-corrected chi connectivity index (χ4v) is 5.72. The smallest absolute Gasteiger partial charge is 0.253 e. The number of nitrogens with zero attached hydrogens (tertiary/aromatic N) is 5. The van der Waals surface area contributed by atoms with Gasteiger partial charge in [-0.05, 0) is 92.7 Å². The number of nitrogen functional groups attached to an aromatic ring is 1. The van der Waals surface area contributed by atoms with Gasteiger partial charge in [-0.15, -0.1) is 0 Å². The van der Waals surface area contributed by atoms with Crippen molar-refractivity contribution in [3.63, 3.8) is 0 Å². The van der Waals surface area contributed by atoms with E-state index >= 15 is 0 Å². The quantitative estimate of drug-likeness (QED) is 0.424. The maximum atomic E-state index is 12.2. The van der Waals surface area contributed by atoms with Gasteiger partial charge in [-0.25, -0.2) is 9.97 Å². The van der Waals surface area contributed by atoms with Crippen LogP contribution in [0.25, 0.3) is 22.2 Å². The first-order chi connectivity index (χ1) is 17.7. The Morgan fingerprint density at radius 1 is 1.08 bits per heavy atom.